The Bertz CT molecular complexity index is 286. The number of rotatable bonds is 5. The maximum atomic E-state index is 12.0. The van der Waals surface area contributed by atoms with Crippen LogP contribution in [-0.4, -0.2) is 41.9 Å². The first-order chi connectivity index (χ1) is 8.52. The minimum Gasteiger partial charge on any atom is -0.353 e. The zero-order valence-corrected chi connectivity index (χ0v) is 11.4. The Morgan fingerprint density at radius 3 is 2.50 bits per heavy atom. The number of nitrogens with one attached hydrogen (secondary N) is 1. The molecule has 5 nitrogen and oxygen atoms in total. The van der Waals surface area contributed by atoms with Crippen molar-refractivity contribution in [3.05, 3.63) is 0 Å². The number of hydrogen-bond acceptors (Lipinski definition) is 3. The van der Waals surface area contributed by atoms with Gasteiger partial charge in [-0.25, -0.2) is 0 Å². The molecule has 104 valence electrons. The van der Waals surface area contributed by atoms with Crippen molar-refractivity contribution in [3.8, 4) is 0 Å². The molecule has 18 heavy (non-hydrogen) atoms. The van der Waals surface area contributed by atoms with Gasteiger partial charge in [-0.05, 0) is 19.3 Å². The highest BCUT2D eigenvalue weighted by Crippen LogP contribution is 2.12. The van der Waals surface area contributed by atoms with E-state index < -0.39 is 0 Å². The van der Waals surface area contributed by atoms with E-state index >= 15 is 0 Å². The second-order valence-electron chi connectivity index (χ2n) is 5.11. The Labute approximate surface area is 109 Å². The summed E-state index contributed by atoms with van der Waals surface area (Å²) in [4.78, 5) is 24.8. The van der Waals surface area contributed by atoms with E-state index in [1.807, 2.05) is 4.90 Å². The van der Waals surface area contributed by atoms with Gasteiger partial charge in [0.15, 0.2) is 0 Å². The smallest absolute Gasteiger partial charge is 0.224 e. The third kappa shape index (κ3) is 5.04. The van der Waals surface area contributed by atoms with Crippen molar-refractivity contribution >= 4 is 11.8 Å². The van der Waals surface area contributed by atoms with E-state index in [4.69, 9.17) is 5.73 Å². The normalized spacial score (nSPS) is 18.5. The van der Waals surface area contributed by atoms with Gasteiger partial charge in [-0.15, -0.1) is 0 Å². The summed E-state index contributed by atoms with van der Waals surface area (Å²) in [6, 6.07) is 0.200. The fourth-order valence-corrected chi connectivity index (χ4v) is 2.39. The SMILES string of the molecule is CCCC(N)CC(=O)N1CCC(NC(C)=O)CC1. The summed E-state index contributed by atoms with van der Waals surface area (Å²) in [6.45, 7) is 5.05. The van der Waals surface area contributed by atoms with Gasteiger partial charge in [-0.2, -0.15) is 0 Å². The number of likely N-dealkylation sites (tertiary alicyclic amines) is 1. The third-order valence-corrected chi connectivity index (χ3v) is 3.35. The largest absolute Gasteiger partial charge is 0.353 e. The molecule has 1 fully saturated rings. The Balaban J connectivity index is 2.29. The zero-order valence-electron chi connectivity index (χ0n) is 11.4. The minimum atomic E-state index is -0.0180. The van der Waals surface area contributed by atoms with Gasteiger partial charge in [-0.1, -0.05) is 13.3 Å². The monoisotopic (exact) mass is 255 g/mol. The van der Waals surface area contributed by atoms with Crippen molar-refractivity contribution in [3.63, 3.8) is 0 Å². The predicted molar refractivity (Wildman–Crippen MR) is 70.9 cm³/mol. The predicted octanol–water partition coefficient (Wildman–Crippen LogP) is 0.631. The van der Waals surface area contributed by atoms with Crippen LogP contribution in [0.3, 0.4) is 0 Å². The number of piperidine rings is 1. The fraction of sp³-hybridized carbons (Fsp3) is 0.846. The first-order valence-electron chi connectivity index (χ1n) is 6.83. The minimum absolute atomic E-state index is 0.00439. The average molecular weight is 255 g/mol. The lowest BCUT2D eigenvalue weighted by molar-refractivity contribution is -0.132. The molecule has 0 aromatic carbocycles. The highest BCUT2D eigenvalue weighted by atomic mass is 16.2. The lowest BCUT2D eigenvalue weighted by atomic mass is 10.0. The van der Waals surface area contributed by atoms with Crippen molar-refractivity contribution < 1.29 is 9.59 Å². The maximum absolute atomic E-state index is 12.0. The first kappa shape index (κ1) is 15.0. The molecule has 0 aromatic heterocycles. The summed E-state index contributed by atoms with van der Waals surface area (Å²) < 4.78 is 0. The van der Waals surface area contributed by atoms with Crippen molar-refractivity contribution in [2.24, 2.45) is 5.73 Å². The van der Waals surface area contributed by atoms with E-state index in [1.54, 1.807) is 0 Å². The molecule has 0 saturated carbocycles. The molecule has 0 aliphatic carbocycles. The van der Waals surface area contributed by atoms with Crippen LogP contribution in [-0.2, 0) is 9.59 Å². The van der Waals surface area contributed by atoms with Crippen LogP contribution in [0.15, 0.2) is 0 Å². The van der Waals surface area contributed by atoms with Gasteiger partial charge in [0.25, 0.3) is 0 Å². The molecule has 1 atom stereocenters. The van der Waals surface area contributed by atoms with E-state index in [0.717, 1.165) is 38.8 Å². The van der Waals surface area contributed by atoms with Gasteiger partial charge < -0.3 is 16.0 Å². The topological polar surface area (TPSA) is 75.4 Å². The molecule has 0 spiro atoms. The summed E-state index contributed by atoms with van der Waals surface area (Å²) in [6.07, 6.45) is 4.04. The van der Waals surface area contributed by atoms with Gasteiger partial charge in [0.1, 0.15) is 0 Å². The molecule has 3 N–H and O–H groups in total. The molecule has 2 amide bonds. The summed E-state index contributed by atoms with van der Waals surface area (Å²) in [5, 5.41) is 2.90. The fourth-order valence-electron chi connectivity index (χ4n) is 2.39. The van der Waals surface area contributed by atoms with Gasteiger partial charge in [-0.3, -0.25) is 9.59 Å². The molecule has 1 rings (SSSR count). The Kier molecular flexibility index (Phi) is 6.12. The van der Waals surface area contributed by atoms with Crippen LogP contribution in [0, 0.1) is 0 Å². The van der Waals surface area contributed by atoms with Gasteiger partial charge in [0.05, 0.1) is 0 Å². The van der Waals surface area contributed by atoms with Crippen LogP contribution in [0.2, 0.25) is 0 Å². The number of amides is 2. The van der Waals surface area contributed by atoms with E-state index in [9.17, 15) is 9.59 Å². The molecule has 0 bridgehead atoms. The lowest BCUT2D eigenvalue weighted by Gasteiger charge is -2.32. The Hall–Kier alpha value is -1.10. The summed E-state index contributed by atoms with van der Waals surface area (Å²) in [7, 11) is 0. The second kappa shape index (κ2) is 7.36. The van der Waals surface area contributed by atoms with Crippen LogP contribution in [0.25, 0.3) is 0 Å². The van der Waals surface area contributed by atoms with E-state index in [2.05, 4.69) is 12.2 Å². The molecular formula is C13H25N3O2. The molecule has 1 unspecified atom stereocenters. The van der Waals surface area contributed by atoms with Crippen molar-refractivity contribution in [1.82, 2.24) is 10.2 Å². The quantitative estimate of drug-likeness (QED) is 0.756. The molecule has 1 saturated heterocycles. The van der Waals surface area contributed by atoms with Gasteiger partial charge in [0, 0.05) is 38.5 Å². The number of nitrogens with zero attached hydrogens (tertiary/aromatic N) is 1. The molecule has 0 radical (unpaired) electrons. The van der Waals surface area contributed by atoms with Crippen molar-refractivity contribution in [2.75, 3.05) is 13.1 Å². The molecule has 5 heteroatoms. The molecule has 1 aliphatic rings. The number of hydrogen-bond donors (Lipinski definition) is 2. The average Bonchev–Trinajstić information content (AvgIpc) is 2.29. The Morgan fingerprint density at radius 2 is 2.00 bits per heavy atom. The standard InChI is InChI=1S/C13H25N3O2/c1-3-4-11(14)9-13(18)16-7-5-12(6-8-16)15-10(2)17/h11-12H,3-9,14H2,1-2H3,(H,15,17). The molecular weight excluding hydrogens is 230 g/mol. The zero-order chi connectivity index (χ0) is 13.5. The number of nitrogens with two attached hydrogens (primary N) is 1. The van der Waals surface area contributed by atoms with E-state index in [1.165, 1.54) is 6.92 Å². The van der Waals surface area contributed by atoms with Crippen molar-refractivity contribution in [1.29, 1.82) is 0 Å². The summed E-state index contributed by atoms with van der Waals surface area (Å²) in [5.41, 5.74) is 5.88. The van der Waals surface area contributed by atoms with Gasteiger partial charge >= 0.3 is 0 Å². The summed E-state index contributed by atoms with van der Waals surface area (Å²) >= 11 is 0. The van der Waals surface area contributed by atoms with Crippen molar-refractivity contribution in [2.45, 2.75) is 58.0 Å². The van der Waals surface area contributed by atoms with Gasteiger partial charge in [0.2, 0.25) is 11.8 Å². The molecule has 0 aromatic rings. The third-order valence-electron chi connectivity index (χ3n) is 3.35. The van der Waals surface area contributed by atoms with Crippen LogP contribution in [0.5, 0.6) is 0 Å². The lowest BCUT2D eigenvalue weighted by Crippen LogP contribution is -2.47. The number of carbonyl (C=O) groups is 2. The second-order valence-corrected chi connectivity index (χ2v) is 5.11. The van der Waals surface area contributed by atoms with Crippen LogP contribution < -0.4 is 11.1 Å². The summed E-state index contributed by atoms with van der Waals surface area (Å²) in [5.74, 6) is 0.155. The molecule has 1 heterocycles. The van der Waals surface area contributed by atoms with E-state index in [-0.39, 0.29) is 23.9 Å². The highest BCUT2D eigenvalue weighted by Gasteiger charge is 2.23. The van der Waals surface area contributed by atoms with Crippen LogP contribution >= 0.6 is 0 Å². The van der Waals surface area contributed by atoms with Crippen LogP contribution in [0.4, 0.5) is 0 Å². The van der Waals surface area contributed by atoms with E-state index in [0.29, 0.717) is 6.42 Å². The highest BCUT2D eigenvalue weighted by molar-refractivity contribution is 5.77. The van der Waals surface area contributed by atoms with Crippen LogP contribution in [0.1, 0.15) is 46.0 Å². The Morgan fingerprint density at radius 1 is 1.39 bits per heavy atom. The number of carbonyl (C=O) groups excluding carboxylic acids is 2. The first-order valence-corrected chi connectivity index (χ1v) is 6.83. The maximum Gasteiger partial charge on any atom is 0.224 e. The molecule has 1 aliphatic heterocycles.